The Morgan fingerprint density at radius 3 is 2.29 bits per heavy atom. The summed E-state index contributed by atoms with van der Waals surface area (Å²) in [6.45, 7) is 1.76. The van der Waals surface area contributed by atoms with Crippen LogP contribution in [0.25, 0.3) is 0 Å². The second kappa shape index (κ2) is 7.02. The molecule has 0 aliphatic rings. The molecule has 4 nitrogen and oxygen atoms in total. The Bertz CT molecular complexity index is 559. The number of benzene rings is 1. The van der Waals surface area contributed by atoms with Crippen molar-refractivity contribution < 1.29 is 21.6 Å². The SMILES string of the molecule is CC(CCCC(F)(F)F)Nc1ccccc1NS(C)(=O)=O. The molecule has 0 bridgehead atoms. The van der Waals surface area contributed by atoms with Crippen LogP contribution in [0, 0.1) is 0 Å². The second-order valence-corrected chi connectivity index (χ2v) is 6.72. The molecule has 0 saturated heterocycles. The van der Waals surface area contributed by atoms with Crippen molar-refractivity contribution in [2.45, 2.75) is 38.4 Å². The molecule has 0 fully saturated rings. The van der Waals surface area contributed by atoms with Gasteiger partial charge in [0.2, 0.25) is 10.0 Å². The lowest BCUT2D eigenvalue weighted by molar-refractivity contribution is -0.135. The Kier molecular flexibility index (Phi) is 5.88. The highest BCUT2D eigenvalue weighted by Crippen LogP contribution is 2.25. The smallest absolute Gasteiger partial charge is 0.381 e. The zero-order valence-electron chi connectivity index (χ0n) is 11.9. The van der Waals surface area contributed by atoms with Crippen LogP contribution in [0.2, 0.25) is 0 Å². The van der Waals surface area contributed by atoms with Crippen molar-refractivity contribution in [2.75, 3.05) is 16.3 Å². The predicted octanol–water partition coefficient (Wildman–Crippen LogP) is 3.59. The zero-order chi connectivity index (χ0) is 16.1. The summed E-state index contributed by atoms with van der Waals surface area (Å²) in [7, 11) is -3.41. The van der Waals surface area contributed by atoms with Gasteiger partial charge in [0.05, 0.1) is 17.6 Å². The highest BCUT2D eigenvalue weighted by molar-refractivity contribution is 7.92. The van der Waals surface area contributed by atoms with Gasteiger partial charge < -0.3 is 5.32 Å². The van der Waals surface area contributed by atoms with Gasteiger partial charge in [-0.25, -0.2) is 8.42 Å². The van der Waals surface area contributed by atoms with E-state index >= 15 is 0 Å². The van der Waals surface area contributed by atoms with Crippen LogP contribution >= 0.6 is 0 Å². The first-order valence-corrected chi connectivity index (χ1v) is 8.36. The lowest BCUT2D eigenvalue weighted by atomic mass is 10.1. The van der Waals surface area contributed by atoms with E-state index in [0.29, 0.717) is 17.8 Å². The average molecular weight is 324 g/mol. The topological polar surface area (TPSA) is 58.2 Å². The van der Waals surface area contributed by atoms with Crippen molar-refractivity contribution in [3.8, 4) is 0 Å². The highest BCUT2D eigenvalue weighted by Gasteiger charge is 2.26. The van der Waals surface area contributed by atoms with E-state index in [1.54, 1.807) is 31.2 Å². The minimum Gasteiger partial charge on any atom is -0.381 e. The Morgan fingerprint density at radius 2 is 1.76 bits per heavy atom. The van der Waals surface area contributed by atoms with E-state index in [4.69, 9.17) is 0 Å². The summed E-state index contributed by atoms with van der Waals surface area (Å²) in [4.78, 5) is 0. The van der Waals surface area contributed by atoms with Crippen LogP contribution in [-0.4, -0.2) is 26.9 Å². The molecule has 0 amide bonds. The fourth-order valence-electron chi connectivity index (χ4n) is 1.84. The maximum Gasteiger partial charge on any atom is 0.389 e. The van der Waals surface area contributed by atoms with Crippen molar-refractivity contribution in [3.05, 3.63) is 24.3 Å². The number of sulfonamides is 1. The molecule has 0 heterocycles. The Labute approximate surface area is 122 Å². The number of hydrogen-bond acceptors (Lipinski definition) is 3. The lowest BCUT2D eigenvalue weighted by Gasteiger charge is -2.18. The summed E-state index contributed by atoms with van der Waals surface area (Å²) in [6, 6.07) is 6.46. The minimum absolute atomic E-state index is 0.0271. The van der Waals surface area contributed by atoms with E-state index in [1.807, 2.05) is 0 Å². The predicted molar refractivity (Wildman–Crippen MR) is 77.9 cm³/mol. The molecule has 1 atom stereocenters. The molecule has 1 aromatic carbocycles. The molecule has 0 radical (unpaired) electrons. The Hall–Kier alpha value is -1.44. The van der Waals surface area contributed by atoms with Crippen LogP contribution < -0.4 is 10.0 Å². The van der Waals surface area contributed by atoms with Crippen LogP contribution in [0.4, 0.5) is 24.5 Å². The number of halogens is 3. The van der Waals surface area contributed by atoms with Gasteiger partial charge in [-0.3, -0.25) is 4.72 Å². The van der Waals surface area contributed by atoms with E-state index in [2.05, 4.69) is 10.0 Å². The number of hydrogen-bond donors (Lipinski definition) is 2. The number of alkyl halides is 3. The number of para-hydroxylation sites is 2. The minimum atomic E-state index is -4.14. The summed E-state index contributed by atoms with van der Waals surface area (Å²) in [5.41, 5.74) is 0.921. The van der Waals surface area contributed by atoms with Gasteiger partial charge in [-0.2, -0.15) is 13.2 Å². The first kappa shape index (κ1) is 17.6. The van der Waals surface area contributed by atoms with Gasteiger partial charge in [0.1, 0.15) is 0 Å². The van der Waals surface area contributed by atoms with Crippen LogP contribution in [0.1, 0.15) is 26.2 Å². The van der Waals surface area contributed by atoms with Crippen molar-refractivity contribution >= 4 is 21.4 Å². The molecule has 0 aliphatic heterocycles. The maximum atomic E-state index is 12.1. The Balaban J connectivity index is 2.62. The molecule has 0 spiro atoms. The van der Waals surface area contributed by atoms with Gasteiger partial charge in [0.25, 0.3) is 0 Å². The molecule has 2 N–H and O–H groups in total. The quantitative estimate of drug-likeness (QED) is 0.806. The average Bonchev–Trinajstić information content (AvgIpc) is 2.28. The highest BCUT2D eigenvalue weighted by atomic mass is 32.2. The van der Waals surface area contributed by atoms with E-state index in [-0.39, 0.29) is 12.5 Å². The third kappa shape index (κ3) is 7.79. The fourth-order valence-corrected chi connectivity index (χ4v) is 2.42. The van der Waals surface area contributed by atoms with Crippen molar-refractivity contribution in [1.82, 2.24) is 0 Å². The van der Waals surface area contributed by atoms with E-state index in [9.17, 15) is 21.6 Å². The number of anilines is 2. The zero-order valence-corrected chi connectivity index (χ0v) is 12.7. The molecular formula is C13H19F3N2O2S. The van der Waals surface area contributed by atoms with E-state index in [0.717, 1.165) is 6.26 Å². The molecule has 1 rings (SSSR count). The van der Waals surface area contributed by atoms with Crippen LogP contribution in [0.15, 0.2) is 24.3 Å². The third-order valence-corrected chi connectivity index (χ3v) is 3.31. The number of rotatable bonds is 7. The summed E-state index contributed by atoms with van der Waals surface area (Å²) in [5.74, 6) is 0. The standard InChI is InChI=1S/C13H19F3N2O2S/c1-10(6-5-9-13(14,15)16)17-11-7-3-4-8-12(11)18-21(2,19)20/h3-4,7-8,10,17-18H,5-6,9H2,1-2H3. The molecule has 1 unspecified atom stereocenters. The van der Waals surface area contributed by atoms with Gasteiger partial charge in [-0.1, -0.05) is 12.1 Å². The molecule has 21 heavy (non-hydrogen) atoms. The molecule has 0 aliphatic carbocycles. The molecule has 0 saturated carbocycles. The summed E-state index contributed by atoms with van der Waals surface area (Å²) in [5, 5.41) is 3.03. The lowest BCUT2D eigenvalue weighted by Crippen LogP contribution is -2.19. The molecular weight excluding hydrogens is 305 g/mol. The summed E-state index contributed by atoms with van der Waals surface area (Å²) >= 11 is 0. The van der Waals surface area contributed by atoms with Crippen LogP contribution in [0.5, 0.6) is 0 Å². The maximum absolute atomic E-state index is 12.1. The second-order valence-electron chi connectivity index (χ2n) is 4.97. The van der Waals surface area contributed by atoms with Crippen molar-refractivity contribution in [2.24, 2.45) is 0 Å². The summed E-state index contributed by atoms with van der Waals surface area (Å²) < 4.78 is 61.1. The van der Waals surface area contributed by atoms with Gasteiger partial charge in [0.15, 0.2) is 0 Å². The Morgan fingerprint density at radius 1 is 1.19 bits per heavy atom. The first-order valence-electron chi connectivity index (χ1n) is 6.47. The largest absolute Gasteiger partial charge is 0.389 e. The molecule has 120 valence electrons. The van der Waals surface area contributed by atoms with E-state index < -0.39 is 22.6 Å². The van der Waals surface area contributed by atoms with E-state index in [1.165, 1.54) is 0 Å². The van der Waals surface area contributed by atoms with Gasteiger partial charge in [-0.05, 0) is 31.9 Å². The third-order valence-electron chi connectivity index (χ3n) is 2.72. The van der Waals surface area contributed by atoms with Crippen molar-refractivity contribution in [1.29, 1.82) is 0 Å². The van der Waals surface area contributed by atoms with Gasteiger partial charge in [-0.15, -0.1) is 0 Å². The van der Waals surface area contributed by atoms with Gasteiger partial charge in [0, 0.05) is 12.5 Å². The number of nitrogens with one attached hydrogen (secondary N) is 2. The first-order chi connectivity index (χ1) is 9.57. The fraction of sp³-hybridized carbons (Fsp3) is 0.538. The molecule has 8 heteroatoms. The molecule has 0 aromatic heterocycles. The normalized spacial score (nSPS) is 13.8. The van der Waals surface area contributed by atoms with Gasteiger partial charge >= 0.3 is 6.18 Å². The van der Waals surface area contributed by atoms with Crippen LogP contribution in [0.3, 0.4) is 0 Å². The molecule has 1 aromatic rings. The van der Waals surface area contributed by atoms with Crippen molar-refractivity contribution in [3.63, 3.8) is 0 Å². The monoisotopic (exact) mass is 324 g/mol. The summed E-state index contributed by atoms with van der Waals surface area (Å²) in [6.07, 6.45) is -3.56. The van der Waals surface area contributed by atoms with Crippen LogP contribution in [-0.2, 0) is 10.0 Å².